The number of hydrogen-bond acceptors (Lipinski definition) is 7. The summed E-state index contributed by atoms with van der Waals surface area (Å²) in [4.78, 5) is 26.2. The fraction of sp³-hybridized carbons (Fsp3) is 0.174. The normalized spacial score (nSPS) is 10.9. The van der Waals surface area contributed by atoms with Crippen LogP contribution in [0.15, 0.2) is 76.8 Å². The van der Waals surface area contributed by atoms with Crippen LogP contribution in [0.2, 0.25) is 0 Å². The van der Waals surface area contributed by atoms with E-state index in [9.17, 15) is 4.79 Å². The summed E-state index contributed by atoms with van der Waals surface area (Å²) in [5, 5.41) is 0.709. The lowest BCUT2D eigenvalue weighted by molar-refractivity contribution is -0.116. The van der Waals surface area contributed by atoms with Crippen molar-refractivity contribution in [1.82, 2.24) is 9.97 Å². The molecule has 0 aliphatic carbocycles. The first-order valence-corrected chi connectivity index (χ1v) is 12.6. The summed E-state index contributed by atoms with van der Waals surface area (Å²) in [5.74, 6) is 1.13. The first-order valence-electron chi connectivity index (χ1n) is 9.57. The molecule has 0 spiro atoms. The Morgan fingerprint density at radius 1 is 1.13 bits per heavy atom. The molecule has 158 valence electrons. The van der Waals surface area contributed by atoms with E-state index in [1.54, 1.807) is 47.5 Å². The minimum absolute atomic E-state index is 0.00873. The van der Waals surface area contributed by atoms with E-state index < -0.39 is 0 Å². The lowest BCUT2D eigenvalue weighted by Gasteiger charge is -2.19. The number of anilines is 1. The molecule has 0 aliphatic heterocycles. The van der Waals surface area contributed by atoms with E-state index >= 15 is 0 Å². The first kappa shape index (κ1) is 21.7. The molecule has 0 radical (unpaired) electrons. The monoisotopic (exact) mass is 467 g/mol. The summed E-state index contributed by atoms with van der Waals surface area (Å²) in [7, 11) is 1.64. The molecule has 4 aromatic rings. The number of aromatic nitrogens is 2. The maximum absolute atomic E-state index is 13.3. The number of amides is 1. The van der Waals surface area contributed by atoms with Crippen LogP contribution in [0.4, 0.5) is 5.13 Å². The summed E-state index contributed by atoms with van der Waals surface area (Å²) < 4.78 is 6.28. The lowest BCUT2D eigenvalue weighted by atomic mass is 10.2. The Hall–Kier alpha value is -2.55. The van der Waals surface area contributed by atoms with Crippen molar-refractivity contribution in [3.8, 4) is 5.75 Å². The van der Waals surface area contributed by atoms with Crippen LogP contribution in [0.1, 0.15) is 5.56 Å². The van der Waals surface area contributed by atoms with Gasteiger partial charge in [0.2, 0.25) is 5.91 Å². The molecule has 0 bridgehead atoms. The van der Waals surface area contributed by atoms with Crippen LogP contribution >= 0.6 is 34.9 Å². The number of thiazole rings is 1. The molecule has 0 saturated heterocycles. The van der Waals surface area contributed by atoms with Crippen LogP contribution in [-0.2, 0) is 11.3 Å². The van der Waals surface area contributed by atoms with Gasteiger partial charge in [0.25, 0.3) is 0 Å². The molecule has 0 aliphatic rings. The zero-order valence-corrected chi connectivity index (χ0v) is 19.6. The van der Waals surface area contributed by atoms with Crippen LogP contribution in [0, 0.1) is 0 Å². The number of carbonyl (C=O) groups is 1. The highest BCUT2D eigenvalue weighted by molar-refractivity contribution is 8.00. The first-order chi connectivity index (χ1) is 15.2. The number of carbonyl (C=O) groups excluding carboxylic acids is 1. The quantitative estimate of drug-likeness (QED) is 0.308. The Morgan fingerprint density at radius 3 is 2.68 bits per heavy atom. The Bertz CT molecular complexity index is 1160. The number of thioether (sulfide) groups is 2. The minimum Gasteiger partial charge on any atom is -0.497 e. The highest BCUT2D eigenvalue weighted by Crippen LogP contribution is 2.35. The third kappa shape index (κ3) is 5.20. The van der Waals surface area contributed by atoms with Crippen molar-refractivity contribution in [2.75, 3.05) is 24.0 Å². The molecule has 0 saturated carbocycles. The number of fused-ring (bicyclic) bond motifs is 1. The average molecular weight is 468 g/mol. The van der Waals surface area contributed by atoms with E-state index in [0.29, 0.717) is 17.4 Å². The Kier molecular flexibility index (Phi) is 7.11. The Balaban J connectivity index is 1.59. The molecule has 0 fully saturated rings. The van der Waals surface area contributed by atoms with Gasteiger partial charge in [-0.3, -0.25) is 14.7 Å². The highest BCUT2D eigenvalue weighted by atomic mass is 32.2. The van der Waals surface area contributed by atoms with Gasteiger partial charge in [0, 0.05) is 22.2 Å². The number of hydrogen-bond donors (Lipinski definition) is 0. The number of benzene rings is 2. The molecule has 2 heterocycles. The van der Waals surface area contributed by atoms with Gasteiger partial charge in [-0.05, 0) is 54.3 Å². The van der Waals surface area contributed by atoms with Crippen molar-refractivity contribution in [3.05, 3.63) is 72.6 Å². The number of para-hydroxylation sites is 1. The van der Waals surface area contributed by atoms with Crippen LogP contribution in [0.5, 0.6) is 5.75 Å². The summed E-state index contributed by atoms with van der Waals surface area (Å²) in [5.41, 5.74) is 1.91. The van der Waals surface area contributed by atoms with Gasteiger partial charge >= 0.3 is 0 Å². The second-order valence-electron chi connectivity index (χ2n) is 6.61. The van der Waals surface area contributed by atoms with Crippen molar-refractivity contribution >= 4 is 56.1 Å². The van der Waals surface area contributed by atoms with Crippen molar-refractivity contribution in [2.45, 2.75) is 16.3 Å². The van der Waals surface area contributed by atoms with Gasteiger partial charge in [0.05, 0.1) is 29.6 Å². The summed E-state index contributed by atoms with van der Waals surface area (Å²) in [6.07, 6.45) is 5.56. The second kappa shape index (κ2) is 10.2. The smallest absolute Gasteiger partial charge is 0.239 e. The third-order valence-electron chi connectivity index (χ3n) is 4.61. The van der Waals surface area contributed by atoms with Crippen molar-refractivity contribution in [2.24, 2.45) is 0 Å². The maximum Gasteiger partial charge on any atom is 0.239 e. The van der Waals surface area contributed by atoms with Crippen molar-refractivity contribution < 1.29 is 9.53 Å². The van der Waals surface area contributed by atoms with E-state index in [2.05, 4.69) is 17.1 Å². The number of rotatable bonds is 8. The predicted molar refractivity (Wildman–Crippen MR) is 131 cm³/mol. The van der Waals surface area contributed by atoms with Crippen LogP contribution in [0.25, 0.3) is 10.2 Å². The Morgan fingerprint density at radius 2 is 1.97 bits per heavy atom. The molecule has 1 amide bonds. The van der Waals surface area contributed by atoms with Gasteiger partial charge in [0.15, 0.2) is 5.13 Å². The molecule has 0 atom stereocenters. The van der Waals surface area contributed by atoms with E-state index in [-0.39, 0.29) is 5.91 Å². The molecule has 5 nitrogen and oxygen atoms in total. The number of pyridine rings is 1. The van der Waals surface area contributed by atoms with Crippen LogP contribution in [-0.4, -0.2) is 35.0 Å². The Labute approximate surface area is 193 Å². The molecule has 2 aromatic carbocycles. The molecule has 2 aromatic heterocycles. The molecular weight excluding hydrogens is 446 g/mol. The van der Waals surface area contributed by atoms with Crippen molar-refractivity contribution in [1.29, 1.82) is 0 Å². The fourth-order valence-electron chi connectivity index (χ4n) is 3.02. The van der Waals surface area contributed by atoms with Gasteiger partial charge in [-0.2, -0.15) is 0 Å². The lowest BCUT2D eigenvalue weighted by Crippen LogP contribution is -2.31. The fourth-order valence-corrected chi connectivity index (χ4v) is 5.44. The van der Waals surface area contributed by atoms with E-state index in [0.717, 1.165) is 31.3 Å². The van der Waals surface area contributed by atoms with Gasteiger partial charge < -0.3 is 4.74 Å². The van der Waals surface area contributed by atoms with E-state index in [1.807, 2.05) is 48.7 Å². The van der Waals surface area contributed by atoms with Gasteiger partial charge in [-0.15, -0.1) is 23.5 Å². The second-order valence-corrected chi connectivity index (χ2v) is 9.51. The number of methoxy groups -OCH3 is 1. The molecule has 31 heavy (non-hydrogen) atoms. The van der Waals surface area contributed by atoms with Gasteiger partial charge in [-0.25, -0.2) is 4.98 Å². The zero-order chi connectivity index (χ0) is 21.6. The van der Waals surface area contributed by atoms with Gasteiger partial charge in [-0.1, -0.05) is 23.5 Å². The molecule has 8 heteroatoms. The average Bonchev–Trinajstić information content (AvgIpc) is 3.26. The minimum atomic E-state index is 0.00873. The van der Waals surface area contributed by atoms with E-state index in [4.69, 9.17) is 9.72 Å². The third-order valence-corrected chi connectivity index (χ3v) is 7.42. The molecule has 0 N–H and O–H groups in total. The van der Waals surface area contributed by atoms with E-state index in [1.165, 1.54) is 11.8 Å². The summed E-state index contributed by atoms with van der Waals surface area (Å²) in [6, 6.07) is 17.7. The zero-order valence-electron chi connectivity index (χ0n) is 17.1. The van der Waals surface area contributed by atoms with Crippen LogP contribution < -0.4 is 9.64 Å². The SMILES string of the molecule is COc1ccc(SCC(=O)N(Cc2cccnc2)c2nc3c(SC)cccc3s2)cc1. The number of nitrogens with zero attached hydrogens (tertiary/aromatic N) is 3. The summed E-state index contributed by atoms with van der Waals surface area (Å²) in [6.45, 7) is 0.435. The molecule has 4 rings (SSSR count). The largest absolute Gasteiger partial charge is 0.497 e. The topological polar surface area (TPSA) is 55.3 Å². The van der Waals surface area contributed by atoms with Crippen molar-refractivity contribution in [3.63, 3.8) is 0 Å². The molecule has 0 unspecified atom stereocenters. The standard InChI is InChI=1S/C23H21N3O2S3/c1-28-17-8-10-18(11-9-17)30-15-21(27)26(14-16-5-4-12-24-13-16)23-25-22-19(29-2)6-3-7-20(22)31-23/h3-13H,14-15H2,1-2H3. The highest BCUT2D eigenvalue weighted by Gasteiger charge is 2.21. The predicted octanol–water partition coefficient (Wildman–Crippen LogP) is 5.75. The van der Waals surface area contributed by atoms with Gasteiger partial charge in [0.1, 0.15) is 5.75 Å². The van der Waals surface area contributed by atoms with Crippen LogP contribution in [0.3, 0.4) is 0 Å². The summed E-state index contributed by atoms with van der Waals surface area (Å²) >= 11 is 4.71. The molecular formula is C23H21N3O2S3. The maximum atomic E-state index is 13.3. The number of ether oxygens (including phenoxy) is 1.